The Morgan fingerprint density at radius 1 is 0.857 bits per heavy atom. The summed E-state index contributed by atoms with van der Waals surface area (Å²) < 4.78 is 82.4. The van der Waals surface area contributed by atoms with Gasteiger partial charge in [0.05, 0.1) is 18.8 Å². The van der Waals surface area contributed by atoms with E-state index in [1.54, 1.807) is 30.0 Å². The van der Waals surface area contributed by atoms with Crippen LogP contribution in [-0.4, -0.2) is 33.1 Å². The molecule has 2 heterocycles. The van der Waals surface area contributed by atoms with Gasteiger partial charge in [-0.25, -0.2) is 22.0 Å². The molecule has 1 amide bonds. The van der Waals surface area contributed by atoms with Crippen LogP contribution in [0.25, 0.3) is 11.1 Å². The Bertz CT molecular complexity index is 1930. The van der Waals surface area contributed by atoms with Crippen molar-refractivity contribution in [1.29, 1.82) is 0 Å². The van der Waals surface area contributed by atoms with Gasteiger partial charge in [-0.15, -0.1) is 10.2 Å². The summed E-state index contributed by atoms with van der Waals surface area (Å²) in [5.41, 5.74) is 3.09. The van der Waals surface area contributed by atoms with E-state index in [4.69, 9.17) is 9.47 Å². The summed E-state index contributed by atoms with van der Waals surface area (Å²) >= 11 is 3.10. The number of hydrogen-bond acceptors (Lipinski definition) is 8. The molecule has 1 aliphatic heterocycles. The van der Waals surface area contributed by atoms with E-state index >= 15 is 0 Å². The van der Waals surface area contributed by atoms with Crippen molar-refractivity contribution in [1.82, 2.24) is 15.5 Å². The minimum Gasteiger partial charge on any atom is -0.392 e. The molecule has 1 aliphatic rings. The van der Waals surface area contributed by atoms with Gasteiger partial charge < -0.3 is 19.9 Å². The molecule has 49 heavy (non-hydrogen) atoms. The fourth-order valence-corrected chi connectivity index (χ4v) is 7.15. The number of halogens is 5. The molecule has 3 atom stereocenters. The Morgan fingerprint density at radius 3 is 2.18 bits per heavy atom. The third-order valence-electron chi connectivity index (χ3n) is 7.85. The molecule has 0 radical (unpaired) electrons. The molecule has 1 saturated heterocycles. The van der Waals surface area contributed by atoms with Crippen molar-refractivity contribution in [3.63, 3.8) is 0 Å². The van der Waals surface area contributed by atoms with E-state index in [1.807, 2.05) is 61.5 Å². The van der Waals surface area contributed by atoms with E-state index < -0.39 is 46.8 Å². The predicted molar refractivity (Wildman–Crippen MR) is 173 cm³/mol. The Labute approximate surface area is 286 Å². The van der Waals surface area contributed by atoms with Crippen molar-refractivity contribution in [2.24, 2.45) is 0 Å². The lowest BCUT2D eigenvalue weighted by atomic mass is 9.99. The Morgan fingerprint density at radius 2 is 1.53 bits per heavy atom. The number of nitrogens with zero attached hydrogens (tertiary/aromatic N) is 2. The van der Waals surface area contributed by atoms with Gasteiger partial charge in [-0.1, -0.05) is 89.8 Å². The van der Waals surface area contributed by atoms with Crippen LogP contribution in [0.5, 0.6) is 0 Å². The molecule has 14 heteroatoms. The number of rotatable bonds is 10. The van der Waals surface area contributed by atoms with Crippen molar-refractivity contribution in [3.05, 3.63) is 135 Å². The summed E-state index contributed by atoms with van der Waals surface area (Å²) in [7, 11) is 0. The summed E-state index contributed by atoms with van der Waals surface area (Å²) in [5.74, 6) is -11.9. The van der Waals surface area contributed by atoms with Gasteiger partial charge >= 0.3 is 0 Å². The first-order valence-electron chi connectivity index (χ1n) is 15.0. The second kappa shape index (κ2) is 15.1. The average molecular weight is 714 g/mol. The number of benzene rings is 4. The molecule has 0 saturated carbocycles. The fraction of sp³-hybridized carbons (Fsp3) is 0.229. The minimum atomic E-state index is -2.33. The number of hydrogen-bond donors (Lipinski definition) is 2. The lowest BCUT2D eigenvalue weighted by Crippen LogP contribution is -2.31. The van der Waals surface area contributed by atoms with Crippen LogP contribution in [0, 0.1) is 36.0 Å². The highest BCUT2D eigenvalue weighted by Crippen LogP contribution is 2.40. The Hall–Kier alpha value is -4.21. The number of carbonyl (C=O) groups is 1. The number of carbonyl (C=O) groups excluding carboxylic acids is 1. The zero-order chi connectivity index (χ0) is 34.7. The molecule has 0 aliphatic carbocycles. The SMILES string of the molecule is Cc1nnc(SC[C@@H]2C[C@H](c3ccc(CO)cc3)O[C@H](c3ccc(-c4cccc(CNC(=O)c5c(F)c(F)c(F)c(F)c5F)c4)cc3)O2)s1. The standard InChI is InChI=1S/C35H28F5N3O4S2/c1-18-42-43-35(49-18)48-17-25-14-26(22-7-5-19(16-44)6-8-22)47-34(46-25)23-11-9-21(10-12-23)24-4-2-3-20(13-24)15-41-33(45)27-28(36)30(38)32(40)31(39)29(27)37/h2-13,25-26,34,44H,14-17H2,1H3,(H,41,45)/t25-,26+,34+/m0/s1. The second-order valence-electron chi connectivity index (χ2n) is 11.2. The molecule has 0 bridgehead atoms. The first-order valence-corrected chi connectivity index (χ1v) is 16.8. The molecule has 1 aromatic heterocycles. The summed E-state index contributed by atoms with van der Waals surface area (Å²) in [5, 5.41) is 20.9. The van der Waals surface area contributed by atoms with Gasteiger partial charge in [0.25, 0.3) is 5.91 Å². The van der Waals surface area contributed by atoms with Crippen LogP contribution < -0.4 is 5.32 Å². The second-order valence-corrected chi connectivity index (χ2v) is 13.6. The lowest BCUT2D eigenvalue weighted by Gasteiger charge is -2.36. The van der Waals surface area contributed by atoms with Gasteiger partial charge in [0, 0.05) is 24.3 Å². The van der Waals surface area contributed by atoms with E-state index in [-0.39, 0.29) is 25.4 Å². The number of aromatic nitrogens is 2. The average Bonchev–Trinajstić information content (AvgIpc) is 3.56. The molecule has 0 spiro atoms. The van der Waals surface area contributed by atoms with Gasteiger partial charge in [-0.05, 0) is 40.8 Å². The summed E-state index contributed by atoms with van der Waals surface area (Å²) in [6.07, 6.45) is -0.474. The lowest BCUT2D eigenvalue weighted by molar-refractivity contribution is -0.245. The smallest absolute Gasteiger partial charge is 0.257 e. The van der Waals surface area contributed by atoms with Gasteiger partial charge in [-0.3, -0.25) is 4.79 Å². The zero-order valence-electron chi connectivity index (χ0n) is 25.8. The molecule has 7 nitrogen and oxygen atoms in total. The first-order chi connectivity index (χ1) is 23.6. The highest BCUT2D eigenvalue weighted by atomic mass is 32.2. The van der Waals surface area contributed by atoms with E-state index in [9.17, 15) is 31.9 Å². The topological polar surface area (TPSA) is 93.6 Å². The highest BCUT2D eigenvalue weighted by Gasteiger charge is 2.33. The summed E-state index contributed by atoms with van der Waals surface area (Å²) in [6, 6.07) is 22.1. The molecule has 2 N–H and O–H groups in total. The molecule has 254 valence electrons. The predicted octanol–water partition coefficient (Wildman–Crippen LogP) is 7.97. The van der Waals surface area contributed by atoms with Gasteiger partial charge in [0.2, 0.25) is 5.82 Å². The molecular weight excluding hydrogens is 686 g/mol. The largest absolute Gasteiger partial charge is 0.392 e. The number of amides is 1. The van der Waals surface area contributed by atoms with Crippen LogP contribution in [0.1, 0.15) is 56.4 Å². The van der Waals surface area contributed by atoms with Crippen LogP contribution in [0.2, 0.25) is 0 Å². The number of nitrogens with one attached hydrogen (secondary N) is 1. The van der Waals surface area contributed by atoms with Gasteiger partial charge in [-0.2, -0.15) is 0 Å². The van der Waals surface area contributed by atoms with Crippen molar-refractivity contribution in [3.8, 4) is 11.1 Å². The van der Waals surface area contributed by atoms with Crippen molar-refractivity contribution in [2.45, 2.75) is 49.3 Å². The third-order valence-corrected chi connectivity index (χ3v) is 9.95. The molecule has 5 aromatic rings. The maximum Gasteiger partial charge on any atom is 0.257 e. The minimum absolute atomic E-state index is 0.0552. The highest BCUT2D eigenvalue weighted by molar-refractivity contribution is 8.01. The number of aliphatic hydroxyl groups excluding tert-OH is 1. The van der Waals surface area contributed by atoms with E-state index in [0.29, 0.717) is 17.7 Å². The van der Waals surface area contributed by atoms with E-state index in [0.717, 1.165) is 37.2 Å². The quantitative estimate of drug-likeness (QED) is 0.0657. The fourth-order valence-electron chi connectivity index (χ4n) is 5.29. The van der Waals surface area contributed by atoms with Crippen LogP contribution >= 0.6 is 23.1 Å². The monoisotopic (exact) mass is 713 g/mol. The van der Waals surface area contributed by atoms with Crippen molar-refractivity contribution >= 4 is 29.0 Å². The van der Waals surface area contributed by atoms with Crippen LogP contribution in [0.4, 0.5) is 22.0 Å². The first kappa shape index (κ1) is 34.6. The summed E-state index contributed by atoms with van der Waals surface area (Å²) in [6.45, 7) is 1.62. The maximum atomic E-state index is 14.1. The van der Waals surface area contributed by atoms with Crippen LogP contribution in [0.15, 0.2) is 77.1 Å². The number of ether oxygens (including phenoxy) is 2. The van der Waals surface area contributed by atoms with Gasteiger partial charge in [0.1, 0.15) is 10.6 Å². The molecule has 0 unspecified atom stereocenters. The number of thioether (sulfide) groups is 1. The Balaban J connectivity index is 1.16. The van der Waals surface area contributed by atoms with E-state index in [2.05, 4.69) is 15.5 Å². The molecule has 1 fully saturated rings. The van der Waals surface area contributed by atoms with Gasteiger partial charge in [0.15, 0.2) is 33.9 Å². The number of aryl methyl sites for hydroxylation is 1. The number of aliphatic hydroxyl groups is 1. The molecule has 6 rings (SSSR count). The Kier molecular flexibility index (Phi) is 10.7. The maximum absolute atomic E-state index is 14.1. The van der Waals surface area contributed by atoms with Crippen LogP contribution in [-0.2, 0) is 22.6 Å². The van der Waals surface area contributed by atoms with Crippen molar-refractivity contribution in [2.75, 3.05) is 5.75 Å². The molecule has 4 aromatic carbocycles. The normalized spacial score (nSPS) is 17.7. The third kappa shape index (κ3) is 7.84. The summed E-state index contributed by atoms with van der Waals surface area (Å²) in [4.78, 5) is 12.4. The molecular formula is C35H28F5N3O4S2. The van der Waals surface area contributed by atoms with Crippen LogP contribution in [0.3, 0.4) is 0 Å². The zero-order valence-corrected chi connectivity index (χ0v) is 27.4. The van der Waals surface area contributed by atoms with E-state index in [1.165, 1.54) is 11.3 Å². The van der Waals surface area contributed by atoms with Crippen molar-refractivity contribution < 1.29 is 41.3 Å².